The maximum atomic E-state index is 12.5. The molecular formula is C17H21ClN4O. The van der Waals surface area contributed by atoms with Gasteiger partial charge in [0, 0.05) is 29.9 Å². The minimum atomic E-state index is -0.0867. The zero-order valence-electron chi connectivity index (χ0n) is 13.9. The molecule has 0 saturated heterocycles. The Kier molecular flexibility index (Phi) is 5.55. The van der Waals surface area contributed by atoms with E-state index in [2.05, 4.69) is 15.3 Å². The molecule has 1 amide bonds. The predicted molar refractivity (Wildman–Crippen MR) is 93.5 cm³/mol. The first-order chi connectivity index (χ1) is 10.9. The summed E-state index contributed by atoms with van der Waals surface area (Å²) in [6, 6.07) is 7.26. The molecule has 0 aliphatic heterocycles. The van der Waals surface area contributed by atoms with Crippen molar-refractivity contribution in [2.45, 2.75) is 27.7 Å². The predicted octanol–water partition coefficient (Wildman–Crippen LogP) is 3.97. The average Bonchev–Trinajstić information content (AvgIpc) is 2.50. The van der Waals surface area contributed by atoms with Crippen LogP contribution >= 0.6 is 11.6 Å². The maximum absolute atomic E-state index is 12.5. The average molecular weight is 333 g/mol. The number of rotatable bonds is 5. The smallest absolute Gasteiger partial charge is 0.272 e. The van der Waals surface area contributed by atoms with Crippen molar-refractivity contribution in [2.24, 2.45) is 0 Å². The number of hydrogen-bond donors (Lipinski definition) is 1. The number of benzene rings is 1. The summed E-state index contributed by atoms with van der Waals surface area (Å²) in [6.07, 6.45) is 0. The Labute approximate surface area is 141 Å². The SMILES string of the molecule is CCN(CC)C(=O)c1cc(Nc2ccc(Cl)cc2C)nc(C)n1. The highest BCUT2D eigenvalue weighted by Gasteiger charge is 2.16. The van der Waals surface area contributed by atoms with Crippen molar-refractivity contribution >= 4 is 29.0 Å². The number of aromatic nitrogens is 2. The van der Waals surface area contributed by atoms with E-state index in [-0.39, 0.29) is 5.91 Å². The van der Waals surface area contributed by atoms with E-state index in [1.165, 1.54) is 0 Å². The lowest BCUT2D eigenvalue weighted by Gasteiger charge is -2.18. The Morgan fingerprint density at radius 1 is 1.17 bits per heavy atom. The van der Waals surface area contributed by atoms with E-state index < -0.39 is 0 Å². The highest BCUT2D eigenvalue weighted by atomic mass is 35.5. The van der Waals surface area contributed by atoms with Crippen LogP contribution in [0.5, 0.6) is 0 Å². The van der Waals surface area contributed by atoms with Crippen LogP contribution in [-0.2, 0) is 0 Å². The lowest BCUT2D eigenvalue weighted by atomic mass is 10.2. The molecule has 0 atom stereocenters. The first-order valence-corrected chi connectivity index (χ1v) is 8.00. The van der Waals surface area contributed by atoms with Crippen LogP contribution < -0.4 is 5.32 Å². The fourth-order valence-electron chi connectivity index (χ4n) is 2.32. The van der Waals surface area contributed by atoms with Crippen molar-refractivity contribution in [3.63, 3.8) is 0 Å². The van der Waals surface area contributed by atoms with Gasteiger partial charge in [-0.15, -0.1) is 0 Å². The van der Waals surface area contributed by atoms with Crippen LogP contribution in [0.3, 0.4) is 0 Å². The molecule has 0 unspecified atom stereocenters. The molecule has 0 fully saturated rings. The van der Waals surface area contributed by atoms with E-state index >= 15 is 0 Å². The first-order valence-electron chi connectivity index (χ1n) is 7.62. The number of anilines is 2. The second-order valence-corrected chi connectivity index (χ2v) is 5.68. The second kappa shape index (κ2) is 7.42. The van der Waals surface area contributed by atoms with Crippen molar-refractivity contribution in [3.8, 4) is 0 Å². The normalized spacial score (nSPS) is 10.5. The fourth-order valence-corrected chi connectivity index (χ4v) is 2.55. The number of halogens is 1. The summed E-state index contributed by atoms with van der Waals surface area (Å²) in [7, 11) is 0. The highest BCUT2D eigenvalue weighted by Crippen LogP contribution is 2.23. The van der Waals surface area contributed by atoms with Gasteiger partial charge in [-0.25, -0.2) is 9.97 Å². The first kappa shape index (κ1) is 17.2. The summed E-state index contributed by atoms with van der Waals surface area (Å²) in [6.45, 7) is 8.94. The van der Waals surface area contributed by atoms with Gasteiger partial charge in [0.15, 0.2) is 0 Å². The van der Waals surface area contributed by atoms with Crippen LogP contribution in [0.4, 0.5) is 11.5 Å². The maximum Gasteiger partial charge on any atom is 0.272 e. The van der Waals surface area contributed by atoms with E-state index in [9.17, 15) is 4.79 Å². The van der Waals surface area contributed by atoms with Gasteiger partial charge in [-0.1, -0.05) is 11.6 Å². The number of carbonyl (C=O) groups is 1. The lowest BCUT2D eigenvalue weighted by Crippen LogP contribution is -2.31. The van der Waals surface area contributed by atoms with Gasteiger partial charge in [-0.3, -0.25) is 4.79 Å². The quantitative estimate of drug-likeness (QED) is 0.900. The minimum Gasteiger partial charge on any atom is -0.340 e. The number of hydrogen-bond acceptors (Lipinski definition) is 4. The zero-order valence-corrected chi connectivity index (χ0v) is 14.6. The van der Waals surface area contributed by atoms with Crippen molar-refractivity contribution in [1.82, 2.24) is 14.9 Å². The Morgan fingerprint density at radius 2 is 1.87 bits per heavy atom. The van der Waals surface area contributed by atoms with Crippen LogP contribution in [0.1, 0.15) is 35.7 Å². The molecule has 0 aliphatic carbocycles. The van der Waals surface area contributed by atoms with Crippen molar-refractivity contribution in [3.05, 3.63) is 46.4 Å². The van der Waals surface area contributed by atoms with E-state index in [0.717, 1.165) is 11.3 Å². The molecule has 1 aromatic carbocycles. The molecule has 0 aliphatic rings. The molecule has 0 bridgehead atoms. The molecule has 2 aromatic rings. The molecule has 0 radical (unpaired) electrons. The van der Waals surface area contributed by atoms with E-state index in [1.54, 1.807) is 17.9 Å². The number of nitrogens with zero attached hydrogens (tertiary/aromatic N) is 3. The summed E-state index contributed by atoms with van der Waals surface area (Å²) in [5.74, 6) is 1.06. The third-order valence-corrected chi connectivity index (χ3v) is 3.79. The van der Waals surface area contributed by atoms with Crippen LogP contribution in [0.15, 0.2) is 24.3 Å². The molecule has 0 saturated carbocycles. The number of aryl methyl sites for hydroxylation is 2. The second-order valence-electron chi connectivity index (χ2n) is 5.25. The minimum absolute atomic E-state index is 0.0867. The molecule has 5 nitrogen and oxygen atoms in total. The monoisotopic (exact) mass is 332 g/mol. The van der Waals surface area contributed by atoms with Crippen LogP contribution in [-0.4, -0.2) is 33.9 Å². The molecular weight excluding hydrogens is 312 g/mol. The Morgan fingerprint density at radius 3 is 2.48 bits per heavy atom. The Hall–Kier alpha value is -2.14. The standard InChI is InChI=1S/C17H21ClN4O/c1-5-22(6-2)17(23)15-10-16(20-12(4)19-15)21-14-8-7-13(18)9-11(14)3/h7-10H,5-6H2,1-4H3,(H,19,20,21). The van der Waals surface area contributed by atoms with Crippen molar-refractivity contribution in [1.29, 1.82) is 0 Å². The third kappa shape index (κ3) is 4.20. The molecule has 0 spiro atoms. The molecule has 6 heteroatoms. The number of nitrogens with one attached hydrogen (secondary N) is 1. The van der Waals surface area contributed by atoms with Crippen molar-refractivity contribution in [2.75, 3.05) is 18.4 Å². The summed E-state index contributed by atoms with van der Waals surface area (Å²) >= 11 is 5.98. The number of amides is 1. The zero-order chi connectivity index (χ0) is 17.0. The molecule has 1 aromatic heterocycles. The fraction of sp³-hybridized carbons (Fsp3) is 0.353. The molecule has 23 heavy (non-hydrogen) atoms. The third-order valence-electron chi connectivity index (χ3n) is 3.56. The van der Waals surface area contributed by atoms with Crippen molar-refractivity contribution < 1.29 is 4.79 Å². The van der Waals surface area contributed by atoms with E-state index in [4.69, 9.17) is 11.6 Å². The molecule has 122 valence electrons. The van der Waals surface area contributed by atoms with Crippen LogP contribution in [0, 0.1) is 13.8 Å². The molecule has 1 heterocycles. The van der Waals surface area contributed by atoms with Gasteiger partial charge in [-0.05, 0) is 51.5 Å². The molecule has 2 rings (SSSR count). The van der Waals surface area contributed by atoms with E-state index in [0.29, 0.717) is 35.4 Å². The van der Waals surface area contributed by atoms with Gasteiger partial charge in [0.2, 0.25) is 0 Å². The van der Waals surface area contributed by atoms with Gasteiger partial charge >= 0.3 is 0 Å². The van der Waals surface area contributed by atoms with Crippen LogP contribution in [0.2, 0.25) is 5.02 Å². The van der Waals surface area contributed by atoms with Gasteiger partial charge in [0.05, 0.1) is 0 Å². The van der Waals surface area contributed by atoms with E-state index in [1.807, 2.05) is 39.0 Å². The van der Waals surface area contributed by atoms with Gasteiger partial charge < -0.3 is 10.2 Å². The van der Waals surface area contributed by atoms with Gasteiger partial charge in [-0.2, -0.15) is 0 Å². The van der Waals surface area contributed by atoms with Gasteiger partial charge in [0.1, 0.15) is 17.3 Å². The lowest BCUT2D eigenvalue weighted by molar-refractivity contribution is 0.0766. The number of carbonyl (C=O) groups excluding carboxylic acids is 1. The van der Waals surface area contributed by atoms with Crippen LogP contribution in [0.25, 0.3) is 0 Å². The topological polar surface area (TPSA) is 58.1 Å². The van der Waals surface area contributed by atoms with Gasteiger partial charge in [0.25, 0.3) is 5.91 Å². The summed E-state index contributed by atoms with van der Waals surface area (Å²) in [5.41, 5.74) is 2.30. The molecule has 1 N–H and O–H groups in total. The highest BCUT2D eigenvalue weighted by molar-refractivity contribution is 6.30. The summed E-state index contributed by atoms with van der Waals surface area (Å²) in [4.78, 5) is 22.8. The summed E-state index contributed by atoms with van der Waals surface area (Å²) < 4.78 is 0. The summed E-state index contributed by atoms with van der Waals surface area (Å²) in [5, 5.41) is 3.91. The Bertz CT molecular complexity index is 714. The Balaban J connectivity index is 2.32. The largest absolute Gasteiger partial charge is 0.340 e.